The molecule has 2 aromatic carbocycles. The summed E-state index contributed by atoms with van der Waals surface area (Å²) in [5.74, 6) is -0.262. The molecule has 2 aromatic rings. The molecule has 2 N–H and O–H groups in total. The number of nitro groups is 1. The molecule has 1 amide bonds. The molecule has 142 valence electrons. The van der Waals surface area contributed by atoms with Gasteiger partial charge in [-0.2, -0.15) is 0 Å². The molecule has 1 saturated heterocycles. The summed E-state index contributed by atoms with van der Waals surface area (Å²) in [6.07, 6.45) is 1.74. The van der Waals surface area contributed by atoms with Crippen LogP contribution in [0.25, 0.3) is 0 Å². The van der Waals surface area contributed by atoms with Crippen molar-refractivity contribution in [1.29, 1.82) is 0 Å². The summed E-state index contributed by atoms with van der Waals surface area (Å²) >= 11 is 0. The van der Waals surface area contributed by atoms with Crippen LogP contribution in [-0.4, -0.2) is 41.9 Å². The van der Waals surface area contributed by atoms with Gasteiger partial charge in [-0.1, -0.05) is 30.3 Å². The third-order valence-corrected chi connectivity index (χ3v) is 4.90. The molecule has 0 unspecified atom stereocenters. The van der Waals surface area contributed by atoms with Crippen LogP contribution in [0.2, 0.25) is 0 Å². The molecule has 0 saturated carbocycles. The Balaban J connectivity index is 1.55. The Morgan fingerprint density at radius 1 is 1.19 bits per heavy atom. The molecule has 0 bridgehead atoms. The molecule has 1 heterocycles. The number of carbonyl (C=O) groups excluding carboxylic acids is 1. The molecule has 0 spiro atoms. The monoisotopic (exact) mass is 368 g/mol. The van der Waals surface area contributed by atoms with Crippen LogP contribution < -0.4 is 10.6 Å². The number of anilines is 1. The quantitative estimate of drug-likeness (QED) is 0.604. The second-order valence-electron chi connectivity index (χ2n) is 6.75. The number of likely N-dealkylation sites (tertiary alicyclic amines) is 1. The smallest absolute Gasteiger partial charge is 0.293 e. The van der Waals surface area contributed by atoms with E-state index >= 15 is 0 Å². The zero-order valence-corrected chi connectivity index (χ0v) is 15.4. The third kappa shape index (κ3) is 4.83. The number of nitrogens with one attached hydrogen (secondary N) is 2. The van der Waals surface area contributed by atoms with E-state index in [1.54, 1.807) is 19.2 Å². The average Bonchev–Trinajstić information content (AvgIpc) is 2.69. The summed E-state index contributed by atoms with van der Waals surface area (Å²) in [7, 11) is 1.62. The number of benzene rings is 2. The summed E-state index contributed by atoms with van der Waals surface area (Å²) in [4.78, 5) is 25.6. The highest BCUT2D eigenvalue weighted by atomic mass is 16.6. The SMILES string of the molecule is CNc1ccc(C(=O)NC2CCN(Cc3ccccc3)CC2)cc1[N+](=O)[O-]. The van der Waals surface area contributed by atoms with Gasteiger partial charge in [-0.05, 0) is 30.5 Å². The second kappa shape index (κ2) is 8.64. The van der Waals surface area contributed by atoms with Crippen LogP contribution in [0.1, 0.15) is 28.8 Å². The highest BCUT2D eigenvalue weighted by molar-refractivity contribution is 5.95. The highest BCUT2D eigenvalue weighted by Gasteiger charge is 2.22. The first kappa shape index (κ1) is 18.8. The van der Waals surface area contributed by atoms with E-state index in [0.717, 1.165) is 32.5 Å². The summed E-state index contributed by atoms with van der Waals surface area (Å²) < 4.78 is 0. The van der Waals surface area contributed by atoms with Gasteiger partial charge < -0.3 is 10.6 Å². The van der Waals surface area contributed by atoms with Gasteiger partial charge in [0.05, 0.1) is 4.92 Å². The van der Waals surface area contributed by atoms with E-state index < -0.39 is 4.92 Å². The summed E-state index contributed by atoms with van der Waals surface area (Å²) in [5, 5.41) is 16.9. The van der Waals surface area contributed by atoms with Crippen LogP contribution in [0.3, 0.4) is 0 Å². The Kier molecular flexibility index (Phi) is 6.03. The van der Waals surface area contributed by atoms with Crippen molar-refractivity contribution in [3.8, 4) is 0 Å². The van der Waals surface area contributed by atoms with Gasteiger partial charge in [0.15, 0.2) is 0 Å². The lowest BCUT2D eigenvalue weighted by atomic mass is 10.0. The van der Waals surface area contributed by atoms with E-state index in [9.17, 15) is 14.9 Å². The lowest BCUT2D eigenvalue weighted by Gasteiger charge is -2.32. The Morgan fingerprint density at radius 3 is 2.52 bits per heavy atom. The van der Waals surface area contributed by atoms with Crippen LogP contribution in [0.15, 0.2) is 48.5 Å². The van der Waals surface area contributed by atoms with E-state index in [1.165, 1.54) is 11.6 Å². The first-order valence-electron chi connectivity index (χ1n) is 9.10. The molecule has 27 heavy (non-hydrogen) atoms. The van der Waals surface area contributed by atoms with Crippen LogP contribution in [0.5, 0.6) is 0 Å². The van der Waals surface area contributed by atoms with Crippen molar-refractivity contribution < 1.29 is 9.72 Å². The lowest BCUT2D eigenvalue weighted by molar-refractivity contribution is -0.384. The van der Waals surface area contributed by atoms with Crippen molar-refractivity contribution in [3.05, 3.63) is 69.8 Å². The highest BCUT2D eigenvalue weighted by Crippen LogP contribution is 2.25. The van der Waals surface area contributed by atoms with Crippen molar-refractivity contribution >= 4 is 17.3 Å². The van der Waals surface area contributed by atoms with Crippen LogP contribution >= 0.6 is 0 Å². The zero-order chi connectivity index (χ0) is 19.2. The largest absolute Gasteiger partial charge is 0.383 e. The molecule has 7 nitrogen and oxygen atoms in total. The lowest BCUT2D eigenvalue weighted by Crippen LogP contribution is -2.44. The van der Waals surface area contributed by atoms with E-state index in [1.807, 2.05) is 18.2 Å². The maximum atomic E-state index is 12.5. The van der Waals surface area contributed by atoms with Crippen LogP contribution in [0.4, 0.5) is 11.4 Å². The van der Waals surface area contributed by atoms with Gasteiger partial charge in [0, 0.05) is 44.4 Å². The number of amides is 1. The van der Waals surface area contributed by atoms with Gasteiger partial charge in [0.25, 0.3) is 11.6 Å². The van der Waals surface area contributed by atoms with Crippen molar-refractivity contribution in [3.63, 3.8) is 0 Å². The maximum absolute atomic E-state index is 12.5. The first-order chi connectivity index (χ1) is 13.1. The predicted octanol–water partition coefficient (Wildman–Crippen LogP) is 3.03. The number of hydrogen-bond donors (Lipinski definition) is 2. The molecule has 7 heteroatoms. The minimum atomic E-state index is -0.481. The second-order valence-corrected chi connectivity index (χ2v) is 6.75. The Hall–Kier alpha value is -2.93. The summed E-state index contributed by atoms with van der Waals surface area (Å²) in [5.41, 5.74) is 1.90. The van der Waals surface area contributed by atoms with Gasteiger partial charge in [-0.15, -0.1) is 0 Å². The number of nitrogens with zero attached hydrogens (tertiary/aromatic N) is 2. The number of carbonyl (C=O) groups is 1. The molecule has 3 rings (SSSR count). The fourth-order valence-electron chi connectivity index (χ4n) is 3.38. The van der Waals surface area contributed by atoms with Crippen LogP contribution in [-0.2, 0) is 6.54 Å². The molecule has 1 fully saturated rings. The molecular weight excluding hydrogens is 344 g/mol. The number of rotatable bonds is 6. The van der Waals surface area contributed by atoms with Gasteiger partial charge in [-0.3, -0.25) is 19.8 Å². The fraction of sp³-hybridized carbons (Fsp3) is 0.350. The molecule has 0 aliphatic carbocycles. The molecule has 0 atom stereocenters. The molecule has 1 aliphatic heterocycles. The number of hydrogen-bond acceptors (Lipinski definition) is 5. The maximum Gasteiger partial charge on any atom is 0.293 e. The normalized spacial score (nSPS) is 15.3. The number of piperidine rings is 1. The van der Waals surface area contributed by atoms with E-state index in [-0.39, 0.29) is 17.6 Å². The van der Waals surface area contributed by atoms with Gasteiger partial charge in [-0.25, -0.2) is 0 Å². The Bertz CT molecular complexity index is 802. The van der Waals surface area contributed by atoms with Crippen molar-refractivity contribution in [2.45, 2.75) is 25.4 Å². The third-order valence-electron chi connectivity index (χ3n) is 4.90. The average molecular weight is 368 g/mol. The summed E-state index contributed by atoms with van der Waals surface area (Å²) in [6.45, 7) is 2.75. The minimum Gasteiger partial charge on any atom is -0.383 e. The van der Waals surface area contributed by atoms with Gasteiger partial charge in [0.1, 0.15) is 5.69 Å². The molecular formula is C20H24N4O3. The Morgan fingerprint density at radius 2 is 1.89 bits per heavy atom. The predicted molar refractivity (Wildman–Crippen MR) is 105 cm³/mol. The zero-order valence-electron chi connectivity index (χ0n) is 15.4. The molecule has 0 radical (unpaired) electrons. The fourth-order valence-corrected chi connectivity index (χ4v) is 3.38. The van der Waals surface area contributed by atoms with Crippen LogP contribution in [0, 0.1) is 10.1 Å². The summed E-state index contributed by atoms with van der Waals surface area (Å²) in [6, 6.07) is 14.9. The van der Waals surface area contributed by atoms with Crippen molar-refractivity contribution in [1.82, 2.24) is 10.2 Å². The van der Waals surface area contributed by atoms with E-state index in [2.05, 4.69) is 27.7 Å². The minimum absolute atomic E-state index is 0.0903. The molecule has 1 aliphatic rings. The standard InChI is InChI=1S/C20H24N4O3/c1-21-18-8-7-16(13-19(18)24(26)27)20(25)22-17-9-11-23(12-10-17)14-15-5-3-2-4-6-15/h2-8,13,17,21H,9-12,14H2,1H3,(H,22,25). The number of nitro benzene ring substituents is 1. The van der Waals surface area contributed by atoms with Gasteiger partial charge in [0.2, 0.25) is 0 Å². The van der Waals surface area contributed by atoms with E-state index in [0.29, 0.717) is 11.3 Å². The first-order valence-corrected chi connectivity index (χ1v) is 9.10. The van der Waals surface area contributed by atoms with Crippen molar-refractivity contribution in [2.75, 3.05) is 25.5 Å². The topological polar surface area (TPSA) is 87.5 Å². The molecule has 0 aromatic heterocycles. The van der Waals surface area contributed by atoms with Gasteiger partial charge >= 0.3 is 0 Å². The van der Waals surface area contributed by atoms with Crippen molar-refractivity contribution in [2.24, 2.45) is 0 Å². The van der Waals surface area contributed by atoms with E-state index in [4.69, 9.17) is 0 Å². The Labute approximate surface area is 158 Å².